The van der Waals surface area contributed by atoms with E-state index in [9.17, 15) is 9.59 Å². The quantitative estimate of drug-likeness (QED) is 0.866. The number of methoxy groups -OCH3 is 2. The van der Waals surface area contributed by atoms with Gasteiger partial charge in [-0.05, 0) is 18.6 Å². The third-order valence-electron chi connectivity index (χ3n) is 3.43. The highest BCUT2D eigenvalue weighted by atomic mass is 16.5. The Balaban J connectivity index is 2.85. The first-order chi connectivity index (χ1) is 11.0. The Labute approximate surface area is 132 Å². The summed E-state index contributed by atoms with van der Waals surface area (Å²) in [5.74, 6) is -1.27. The monoisotopic (exact) mass is 313 g/mol. The van der Waals surface area contributed by atoms with E-state index in [1.165, 1.54) is 25.0 Å². The van der Waals surface area contributed by atoms with Crippen LogP contribution in [0.1, 0.15) is 32.0 Å². The summed E-state index contributed by atoms with van der Waals surface area (Å²) in [5, 5.41) is 9.16. The topological polar surface area (TPSA) is 107 Å². The largest absolute Gasteiger partial charge is 0.465 e. The molecule has 0 saturated heterocycles. The van der Waals surface area contributed by atoms with E-state index in [4.69, 9.17) is 20.5 Å². The number of anilines is 1. The predicted molar refractivity (Wildman–Crippen MR) is 82.3 cm³/mol. The van der Waals surface area contributed by atoms with E-state index in [0.29, 0.717) is 11.3 Å². The Morgan fingerprint density at radius 3 is 2.43 bits per heavy atom. The van der Waals surface area contributed by atoms with E-state index in [0.717, 1.165) is 0 Å². The molecule has 0 spiro atoms. The van der Waals surface area contributed by atoms with Crippen molar-refractivity contribution in [1.82, 2.24) is 4.57 Å². The number of aryl methyl sites for hydroxylation is 1. The highest BCUT2D eigenvalue weighted by molar-refractivity contribution is 5.98. The van der Waals surface area contributed by atoms with Gasteiger partial charge in [-0.3, -0.25) is 0 Å². The molecule has 23 heavy (non-hydrogen) atoms. The average Bonchev–Trinajstić information content (AvgIpc) is 2.89. The summed E-state index contributed by atoms with van der Waals surface area (Å²) < 4.78 is 10.9. The molecule has 0 aliphatic carbocycles. The van der Waals surface area contributed by atoms with E-state index in [-0.39, 0.29) is 22.5 Å². The number of nitriles is 1. The Hall–Kier alpha value is -3.27. The lowest BCUT2D eigenvalue weighted by Crippen LogP contribution is -2.15. The Bertz CT molecular complexity index is 831. The second-order valence-corrected chi connectivity index (χ2v) is 4.74. The molecule has 0 atom stereocenters. The van der Waals surface area contributed by atoms with Crippen molar-refractivity contribution >= 4 is 17.6 Å². The summed E-state index contributed by atoms with van der Waals surface area (Å²) in [7, 11) is 2.48. The summed E-state index contributed by atoms with van der Waals surface area (Å²) in [5.41, 5.74) is 7.34. The number of benzene rings is 1. The summed E-state index contributed by atoms with van der Waals surface area (Å²) in [6.45, 7) is 1.77. The minimum Gasteiger partial charge on any atom is -0.465 e. The van der Waals surface area contributed by atoms with E-state index in [1.54, 1.807) is 25.1 Å². The number of nitrogens with zero attached hydrogens (tertiary/aromatic N) is 2. The molecule has 0 radical (unpaired) electrons. The van der Waals surface area contributed by atoms with Gasteiger partial charge >= 0.3 is 11.9 Å². The van der Waals surface area contributed by atoms with Crippen LogP contribution in [-0.2, 0) is 9.47 Å². The molecule has 1 aromatic heterocycles. The predicted octanol–water partition coefficient (Wildman–Crippen LogP) is 1.81. The number of carbonyl (C=O) groups is 2. The molecule has 1 aromatic carbocycles. The number of carbonyl (C=O) groups excluding carboxylic acids is 2. The van der Waals surface area contributed by atoms with Crippen LogP contribution in [-0.4, -0.2) is 30.7 Å². The molecule has 0 aliphatic heterocycles. The number of nitrogens with two attached hydrogens (primary N) is 1. The molecule has 2 rings (SSSR count). The molecule has 0 saturated carbocycles. The van der Waals surface area contributed by atoms with Gasteiger partial charge in [-0.1, -0.05) is 12.1 Å². The van der Waals surface area contributed by atoms with Gasteiger partial charge in [0.25, 0.3) is 0 Å². The van der Waals surface area contributed by atoms with Crippen molar-refractivity contribution in [3.63, 3.8) is 0 Å². The molecule has 0 aliphatic rings. The van der Waals surface area contributed by atoms with Gasteiger partial charge in [-0.25, -0.2) is 9.59 Å². The van der Waals surface area contributed by atoms with Gasteiger partial charge in [0.1, 0.15) is 6.07 Å². The lowest BCUT2D eigenvalue weighted by molar-refractivity contribution is 0.0582. The van der Waals surface area contributed by atoms with Crippen molar-refractivity contribution in [2.24, 2.45) is 0 Å². The summed E-state index contributed by atoms with van der Waals surface area (Å²) in [6, 6.07) is 6.95. The van der Waals surface area contributed by atoms with Crippen LogP contribution < -0.4 is 5.73 Å². The fourth-order valence-electron chi connectivity index (χ4n) is 2.34. The minimum atomic E-state index is -0.705. The number of hydrogen-bond donors (Lipinski definition) is 1. The SMILES string of the molecule is COC(=O)c1cccc(C)c1-n1cc(C#N)c(N)c1C(=O)OC. The zero-order valence-electron chi connectivity index (χ0n) is 12.9. The number of rotatable bonds is 3. The highest BCUT2D eigenvalue weighted by Crippen LogP contribution is 2.28. The van der Waals surface area contributed by atoms with Gasteiger partial charge < -0.3 is 19.8 Å². The van der Waals surface area contributed by atoms with Crippen LogP contribution in [0.4, 0.5) is 5.69 Å². The second kappa shape index (κ2) is 6.23. The van der Waals surface area contributed by atoms with Crippen molar-refractivity contribution in [2.75, 3.05) is 20.0 Å². The van der Waals surface area contributed by atoms with Crippen LogP contribution in [0.15, 0.2) is 24.4 Å². The maximum absolute atomic E-state index is 12.1. The van der Waals surface area contributed by atoms with E-state index in [2.05, 4.69) is 0 Å². The zero-order chi connectivity index (χ0) is 17.1. The number of nitrogen functional groups attached to an aromatic ring is 1. The van der Waals surface area contributed by atoms with Gasteiger partial charge in [0.05, 0.1) is 36.7 Å². The first-order valence-corrected chi connectivity index (χ1v) is 6.63. The molecule has 0 fully saturated rings. The van der Waals surface area contributed by atoms with E-state index >= 15 is 0 Å². The number of hydrogen-bond acceptors (Lipinski definition) is 6. The summed E-state index contributed by atoms with van der Waals surface area (Å²) >= 11 is 0. The molecule has 7 nitrogen and oxygen atoms in total. The number of para-hydroxylation sites is 1. The van der Waals surface area contributed by atoms with Gasteiger partial charge in [0.15, 0.2) is 5.69 Å². The molecule has 0 unspecified atom stereocenters. The third-order valence-corrected chi connectivity index (χ3v) is 3.43. The Kier molecular flexibility index (Phi) is 4.37. The maximum atomic E-state index is 12.1. The minimum absolute atomic E-state index is 0.00146. The van der Waals surface area contributed by atoms with Crippen molar-refractivity contribution < 1.29 is 19.1 Å². The normalized spacial score (nSPS) is 10.0. The van der Waals surface area contributed by atoms with E-state index < -0.39 is 11.9 Å². The molecular weight excluding hydrogens is 298 g/mol. The lowest BCUT2D eigenvalue weighted by Gasteiger charge is -2.15. The van der Waals surface area contributed by atoms with Crippen LogP contribution >= 0.6 is 0 Å². The lowest BCUT2D eigenvalue weighted by atomic mass is 10.1. The molecule has 2 aromatic rings. The smallest absolute Gasteiger partial charge is 0.357 e. The molecular formula is C16H15N3O4. The summed E-state index contributed by atoms with van der Waals surface area (Å²) in [4.78, 5) is 24.1. The van der Waals surface area contributed by atoms with Crippen molar-refractivity contribution in [3.8, 4) is 11.8 Å². The highest BCUT2D eigenvalue weighted by Gasteiger charge is 2.25. The Morgan fingerprint density at radius 1 is 1.22 bits per heavy atom. The molecule has 118 valence electrons. The summed E-state index contributed by atoms with van der Waals surface area (Å²) in [6.07, 6.45) is 1.40. The van der Waals surface area contributed by atoms with Gasteiger partial charge in [-0.2, -0.15) is 5.26 Å². The third kappa shape index (κ3) is 2.62. The van der Waals surface area contributed by atoms with Crippen molar-refractivity contribution in [2.45, 2.75) is 6.92 Å². The fourth-order valence-corrected chi connectivity index (χ4v) is 2.34. The molecule has 2 N–H and O–H groups in total. The van der Waals surface area contributed by atoms with Gasteiger partial charge in [0, 0.05) is 6.20 Å². The standard InChI is InChI=1S/C16H15N3O4/c1-9-5-4-6-11(15(20)22-2)13(9)19-8-10(7-17)12(18)14(19)16(21)23-3/h4-6,8H,18H2,1-3H3. The fraction of sp³-hybridized carbons (Fsp3) is 0.188. The zero-order valence-corrected chi connectivity index (χ0v) is 12.9. The number of aromatic nitrogens is 1. The van der Waals surface area contributed by atoms with Crippen LogP contribution in [0, 0.1) is 18.3 Å². The van der Waals surface area contributed by atoms with Crippen LogP contribution in [0.2, 0.25) is 0 Å². The number of ether oxygens (including phenoxy) is 2. The molecule has 1 heterocycles. The van der Waals surface area contributed by atoms with Crippen molar-refractivity contribution in [1.29, 1.82) is 5.26 Å². The van der Waals surface area contributed by atoms with Gasteiger partial charge in [0.2, 0.25) is 0 Å². The van der Waals surface area contributed by atoms with Crippen LogP contribution in [0.25, 0.3) is 5.69 Å². The maximum Gasteiger partial charge on any atom is 0.357 e. The van der Waals surface area contributed by atoms with Crippen LogP contribution in [0.5, 0.6) is 0 Å². The van der Waals surface area contributed by atoms with Gasteiger partial charge in [-0.15, -0.1) is 0 Å². The van der Waals surface area contributed by atoms with Crippen LogP contribution in [0.3, 0.4) is 0 Å². The molecule has 0 amide bonds. The first-order valence-electron chi connectivity index (χ1n) is 6.63. The van der Waals surface area contributed by atoms with E-state index in [1.807, 2.05) is 6.07 Å². The number of esters is 2. The average molecular weight is 313 g/mol. The Morgan fingerprint density at radius 2 is 1.87 bits per heavy atom. The first kappa shape index (κ1) is 16.1. The second-order valence-electron chi connectivity index (χ2n) is 4.74. The molecule has 7 heteroatoms. The van der Waals surface area contributed by atoms with Crippen molar-refractivity contribution in [3.05, 3.63) is 46.8 Å². The molecule has 0 bridgehead atoms.